The van der Waals surface area contributed by atoms with Gasteiger partial charge in [-0.3, -0.25) is 0 Å². The van der Waals surface area contributed by atoms with Crippen molar-refractivity contribution in [2.45, 2.75) is 32.3 Å². The van der Waals surface area contributed by atoms with Crippen molar-refractivity contribution in [3.8, 4) is 0 Å². The van der Waals surface area contributed by atoms with E-state index in [1.54, 1.807) is 0 Å². The van der Waals surface area contributed by atoms with Gasteiger partial charge in [-0.05, 0) is 6.42 Å². The smallest absolute Gasteiger partial charge is 0.450 e. The minimum absolute atomic E-state index is 0.269. The summed E-state index contributed by atoms with van der Waals surface area (Å²) in [6.45, 7) is 2.50. The van der Waals surface area contributed by atoms with E-state index in [1.807, 2.05) is 0 Å². The lowest BCUT2D eigenvalue weighted by atomic mass is 10.2. The number of aliphatic hydroxyl groups is 1. The van der Waals surface area contributed by atoms with Crippen molar-refractivity contribution >= 4 is 6.16 Å². The van der Waals surface area contributed by atoms with Crippen LogP contribution in [0.25, 0.3) is 0 Å². The van der Waals surface area contributed by atoms with Gasteiger partial charge in [-0.2, -0.15) is 0 Å². The molecule has 80 valence electrons. The van der Waals surface area contributed by atoms with Gasteiger partial charge in [0.05, 0.1) is 13.2 Å². The molecular formula is C8H19NO4. The van der Waals surface area contributed by atoms with Crippen molar-refractivity contribution in [3.63, 3.8) is 0 Å². The maximum Gasteiger partial charge on any atom is 0.505 e. The standard InChI is InChI=1S/C6H15NO.C2H4O3/c1-2-3-4-6(8)5-7;1-5-2(3)4/h6,8H,2-5,7H2,1H3;1H3,(H,3,4). The average Bonchev–Trinajstić information content (AvgIpc) is 2.15. The third kappa shape index (κ3) is 18.3. The summed E-state index contributed by atoms with van der Waals surface area (Å²) in [6, 6.07) is 0. The monoisotopic (exact) mass is 193 g/mol. The summed E-state index contributed by atoms with van der Waals surface area (Å²) >= 11 is 0. The highest BCUT2D eigenvalue weighted by atomic mass is 16.6. The van der Waals surface area contributed by atoms with E-state index in [1.165, 1.54) is 0 Å². The number of carboxylic acid groups (broad SMARTS) is 1. The maximum atomic E-state index is 9.15. The first-order valence-corrected chi connectivity index (χ1v) is 4.23. The number of carbonyl (C=O) groups is 1. The van der Waals surface area contributed by atoms with Crippen LogP contribution in [0.2, 0.25) is 0 Å². The predicted molar refractivity (Wildman–Crippen MR) is 49.6 cm³/mol. The van der Waals surface area contributed by atoms with E-state index >= 15 is 0 Å². The Hall–Kier alpha value is -0.810. The van der Waals surface area contributed by atoms with Crippen LogP contribution in [0.3, 0.4) is 0 Å². The molecule has 0 saturated heterocycles. The molecule has 0 heterocycles. The Bertz CT molecular complexity index is 119. The summed E-state index contributed by atoms with van der Waals surface area (Å²) in [4.78, 5) is 9.15. The molecule has 13 heavy (non-hydrogen) atoms. The summed E-state index contributed by atoms with van der Waals surface area (Å²) in [5.74, 6) is 0. The molecule has 0 aliphatic heterocycles. The lowest BCUT2D eigenvalue weighted by molar-refractivity contribution is 0.114. The van der Waals surface area contributed by atoms with Crippen LogP contribution in [0.4, 0.5) is 4.79 Å². The van der Waals surface area contributed by atoms with Crippen LogP contribution >= 0.6 is 0 Å². The number of nitrogens with two attached hydrogens (primary N) is 1. The van der Waals surface area contributed by atoms with Gasteiger partial charge in [0.25, 0.3) is 0 Å². The fourth-order valence-electron chi connectivity index (χ4n) is 0.558. The van der Waals surface area contributed by atoms with Crippen LogP contribution in [0.5, 0.6) is 0 Å². The van der Waals surface area contributed by atoms with Crippen molar-refractivity contribution in [3.05, 3.63) is 0 Å². The Kier molecular flexibility index (Phi) is 12.7. The molecule has 0 bridgehead atoms. The van der Waals surface area contributed by atoms with Gasteiger partial charge >= 0.3 is 6.16 Å². The molecule has 1 atom stereocenters. The van der Waals surface area contributed by atoms with Gasteiger partial charge in [0.1, 0.15) is 0 Å². The van der Waals surface area contributed by atoms with Crippen LogP contribution in [-0.4, -0.2) is 36.1 Å². The second-order valence-electron chi connectivity index (χ2n) is 2.50. The van der Waals surface area contributed by atoms with Crippen molar-refractivity contribution in [1.29, 1.82) is 0 Å². The third-order valence-corrected chi connectivity index (χ3v) is 1.34. The van der Waals surface area contributed by atoms with E-state index in [4.69, 9.17) is 20.7 Å². The second kappa shape index (κ2) is 11.2. The fraction of sp³-hybridized carbons (Fsp3) is 0.875. The predicted octanol–water partition coefficient (Wildman–Crippen LogP) is 0.807. The van der Waals surface area contributed by atoms with Crippen molar-refractivity contribution in [2.24, 2.45) is 5.73 Å². The molecule has 5 heteroatoms. The topological polar surface area (TPSA) is 92.8 Å². The van der Waals surface area contributed by atoms with Crippen LogP contribution in [-0.2, 0) is 4.74 Å². The number of aliphatic hydroxyl groups excluding tert-OH is 1. The molecule has 0 aromatic carbocycles. The molecule has 0 amide bonds. The van der Waals surface area contributed by atoms with Crippen LogP contribution < -0.4 is 5.73 Å². The Morgan fingerprint density at radius 2 is 2.08 bits per heavy atom. The molecule has 4 N–H and O–H groups in total. The van der Waals surface area contributed by atoms with E-state index < -0.39 is 6.16 Å². The first kappa shape index (κ1) is 14.7. The van der Waals surface area contributed by atoms with E-state index in [-0.39, 0.29) is 6.10 Å². The molecule has 0 spiro atoms. The summed E-state index contributed by atoms with van der Waals surface area (Å²) in [7, 11) is 1.10. The van der Waals surface area contributed by atoms with Crippen molar-refractivity contribution in [2.75, 3.05) is 13.7 Å². The number of unbranched alkanes of at least 4 members (excludes halogenated alkanes) is 1. The maximum absolute atomic E-state index is 9.15. The zero-order chi connectivity index (χ0) is 10.7. The minimum atomic E-state index is -1.25. The zero-order valence-corrected chi connectivity index (χ0v) is 8.19. The lowest BCUT2D eigenvalue weighted by Crippen LogP contribution is -2.18. The van der Waals surface area contributed by atoms with Crippen LogP contribution in [0.1, 0.15) is 26.2 Å². The number of rotatable bonds is 4. The van der Waals surface area contributed by atoms with Crippen molar-refractivity contribution < 1.29 is 19.7 Å². The van der Waals surface area contributed by atoms with Gasteiger partial charge in [0.15, 0.2) is 0 Å². The number of ether oxygens (including phenoxy) is 1. The lowest BCUT2D eigenvalue weighted by Gasteiger charge is -2.03. The number of hydrogen-bond acceptors (Lipinski definition) is 4. The summed E-state index contributed by atoms with van der Waals surface area (Å²) in [5.41, 5.74) is 5.16. The first-order chi connectivity index (χ1) is 6.08. The van der Waals surface area contributed by atoms with Gasteiger partial charge in [-0.15, -0.1) is 0 Å². The normalized spacial score (nSPS) is 11.1. The molecular weight excluding hydrogens is 174 g/mol. The van der Waals surface area contributed by atoms with Gasteiger partial charge < -0.3 is 20.7 Å². The molecule has 5 nitrogen and oxygen atoms in total. The first-order valence-electron chi connectivity index (χ1n) is 4.23. The van der Waals surface area contributed by atoms with Crippen molar-refractivity contribution in [1.82, 2.24) is 0 Å². The zero-order valence-electron chi connectivity index (χ0n) is 8.19. The Labute approximate surface area is 78.5 Å². The van der Waals surface area contributed by atoms with E-state index in [0.29, 0.717) is 6.54 Å². The van der Waals surface area contributed by atoms with Gasteiger partial charge in [0, 0.05) is 6.54 Å². The summed E-state index contributed by atoms with van der Waals surface area (Å²) in [6.07, 6.45) is 1.56. The number of hydrogen-bond donors (Lipinski definition) is 3. The SMILES string of the molecule is CCCCC(O)CN.COC(=O)O. The molecule has 0 radical (unpaired) electrons. The molecule has 0 aliphatic carbocycles. The molecule has 0 fully saturated rings. The molecule has 0 saturated carbocycles. The van der Waals surface area contributed by atoms with E-state index in [2.05, 4.69) is 11.7 Å². The summed E-state index contributed by atoms with van der Waals surface area (Å²) in [5, 5.41) is 16.4. The van der Waals surface area contributed by atoms with E-state index in [0.717, 1.165) is 26.4 Å². The average molecular weight is 193 g/mol. The highest BCUT2D eigenvalue weighted by Gasteiger charge is 1.96. The van der Waals surface area contributed by atoms with Crippen LogP contribution in [0, 0.1) is 0 Å². The Balaban J connectivity index is 0. The molecule has 0 aromatic rings. The fourth-order valence-corrected chi connectivity index (χ4v) is 0.558. The Morgan fingerprint density at radius 3 is 2.31 bits per heavy atom. The quantitative estimate of drug-likeness (QED) is 0.574. The molecule has 1 unspecified atom stereocenters. The second-order valence-corrected chi connectivity index (χ2v) is 2.50. The highest BCUT2D eigenvalue weighted by molar-refractivity contribution is 5.56. The third-order valence-electron chi connectivity index (χ3n) is 1.34. The molecule has 0 aromatic heterocycles. The van der Waals surface area contributed by atoms with E-state index in [9.17, 15) is 0 Å². The van der Waals surface area contributed by atoms with Gasteiger partial charge in [0.2, 0.25) is 0 Å². The Morgan fingerprint density at radius 1 is 1.62 bits per heavy atom. The van der Waals surface area contributed by atoms with Gasteiger partial charge in [-0.1, -0.05) is 19.8 Å². The highest BCUT2D eigenvalue weighted by Crippen LogP contribution is 1.97. The number of methoxy groups -OCH3 is 1. The molecule has 0 aliphatic rings. The largest absolute Gasteiger partial charge is 0.505 e. The van der Waals surface area contributed by atoms with Crippen LogP contribution in [0.15, 0.2) is 0 Å². The summed E-state index contributed by atoms with van der Waals surface area (Å²) < 4.78 is 3.67. The molecule has 0 rings (SSSR count). The minimum Gasteiger partial charge on any atom is -0.450 e. The van der Waals surface area contributed by atoms with Gasteiger partial charge in [-0.25, -0.2) is 4.79 Å².